The average Bonchev–Trinajstić information content (AvgIpc) is 2.32. The van der Waals surface area contributed by atoms with E-state index < -0.39 is 11.6 Å². The monoisotopic (exact) mass is 343 g/mol. The third kappa shape index (κ3) is 4.65. The zero-order chi connectivity index (χ0) is 14.5. The van der Waals surface area contributed by atoms with Gasteiger partial charge in [0.25, 0.3) is 0 Å². The molecular weight excluding hydrogens is 331 g/mol. The van der Waals surface area contributed by atoms with Crippen LogP contribution in [0.2, 0.25) is 0 Å². The molecule has 1 N–H and O–H groups in total. The summed E-state index contributed by atoms with van der Waals surface area (Å²) >= 11 is 3.22. The minimum Gasteiger partial charge on any atom is -0.312 e. The Morgan fingerprint density at radius 1 is 0.800 bits per heavy atom. The predicted octanol–water partition coefficient (Wildman–Crippen LogP) is 4.20. The Labute approximate surface area is 123 Å². The van der Waals surface area contributed by atoms with Crippen LogP contribution >= 0.6 is 15.9 Å². The molecule has 0 aliphatic heterocycles. The molecule has 2 aromatic carbocycles. The van der Waals surface area contributed by atoms with Crippen molar-refractivity contribution < 1.29 is 13.2 Å². The highest BCUT2D eigenvalue weighted by atomic mass is 79.9. The van der Waals surface area contributed by atoms with E-state index in [2.05, 4.69) is 21.2 Å². The number of hydrogen-bond donors (Lipinski definition) is 1. The topological polar surface area (TPSA) is 12.0 Å². The van der Waals surface area contributed by atoms with E-state index in [0.29, 0.717) is 29.5 Å². The Morgan fingerprint density at radius 2 is 1.40 bits per heavy atom. The lowest BCUT2D eigenvalue weighted by atomic mass is 10.1. The summed E-state index contributed by atoms with van der Waals surface area (Å²) in [6, 6.07) is 8.12. The Balaban J connectivity index is 1.84. The van der Waals surface area contributed by atoms with Gasteiger partial charge in [-0.25, -0.2) is 13.2 Å². The quantitative estimate of drug-likeness (QED) is 0.802. The highest BCUT2D eigenvalue weighted by Crippen LogP contribution is 2.14. The van der Waals surface area contributed by atoms with Crippen LogP contribution < -0.4 is 5.32 Å². The minimum absolute atomic E-state index is 0.302. The van der Waals surface area contributed by atoms with E-state index in [1.165, 1.54) is 24.3 Å². The molecular formula is C15H13BrF3N. The van der Waals surface area contributed by atoms with E-state index in [1.807, 2.05) is 6.07 Å². The van der Waals surface area contributed by atoms with E-state index in [4.69, 9.17) is 0 Å². The SMILES string of the molecule is Fc1cc(F)cc(CCNCc2cc(F)cc(Br)c2)c1. The molecule has 20 heavy (non-hydrogen) atoms. The number of benzene rings is 2. The lowest BCUT2D eigenvalue weighted by Crippen LogP contribution is -2.17. The van der Waals surface area contributed by atoms with Gasteiger partial charge in [-0.3, -0.25) is 0 Å². The maximum absolute atomic E-state index is 13.1. The van der Waals surface area contributed by atoms with Crippen molar-refractivity contribution in [3.8, 4) is 0 Å². The molecule has 0 aliphatic carbocycles. The number of halogens is 4. The van der Waals surface area contributed by atoms with Crippen molar-refractivity contribution in [2.45, 2.75) is 13.0 Å². The Kier molecular flexibility index (Phi) is 5.20. The fourth-order valence-corrected chi connectivity index (χ4v) is 2.45. The maximum Gasteiger partial charge on any atom is 0.126 e. The maximum atomic E-state index is 13.1. The predicted molar refractivity (Wildman–Crippen MR) is 75.9 cm³/mol. The van der Waals surface area contributed by atoms with Gasteiger partial charge in [-0.2, -0.15) is 0 Å². The second-order valence-electron chi connectivity index (χ2n) is 4.48. The van der Waals surface area contributed by atoms with Gasteiger partial charge in [0.1, 0.15) is 17.5 Å². The number of rotatable bonds is 5. The molecule has 0 amide bonds. The molecule has 0 aliphatic rings. The summed E-state index contributed by atoms with van der Waals surface area (Å²) < 4.78 is 39.8. The van der Waals surface area contributed by atoms with Crippen LogP contribution in [0.3, 0.4) is 0 Å². The lowest BCUT2D eigenvalue weighted by molar-refractivity contribution is 0.577. The molecule has 0 aromatic heterocycles. The Morgan fingerprint density at radius 3 is 2.05 bits per heavy atom. The van der Waals surface area contributed by atoms with Gasteiger partial charge in [0.15, 0.2) is 0 Å². The molecule has 0 heterocycles. The van der Waals surface area contributed by atoms with Crippen LogP contribution in [0, 0.1) is 17.5 Å². The molecule has 0 saturated heterocycles. The van der Waals surface area contributed by atoms with E-state index >= 15 is 0 Å². The van der Waals surface area contributed by atoms with Crippen LogP contribution in [0.25, 0.3) is 0 Å². The van der Waals surface area contributed by atoms with Crippen molar-refractivity contribution in [3.63, 3.8) is 0 Å². The first kappa shape index (κ1) is 15.1. The van der Waals surface area contributed by atoms with E-state index in [-0.39, 0.29) is 5.82 Å². The smallest absolute Gasteiger partial charge is 0.126 e. The summed E-state index contributed by atoms with van der Waals surface area (Å²) in [5.41, 5.74) is 1.40. The van der Waals surface area contributed by atoms with Crippen LogP contribution in [0.15, 0.2) is 40.9 Å². The molecule has 5 heteroatoms. The molecule has 2 aromatic rings. The van der Waals surface area contributed by atoms with Crippen molar-refractivity contribution in [2.75, 3.05) is 6.54 Å². The summed E-state index contributed by atoms with van der Waals surface area (Å²) in [5.74, 6) is -1.45. The van der Waals surface area contributed by atoms with Crippen molar-refractivity contribution >= 4 is 15.9 Å². The molecule has 0 unspecified atom stereocenters. The summed E-state index contributed by atoms with van der Waals surface area (Å²) in [6.45, 7) is 1.05. The van der Waals surface area contributed by atoms with E-state index in [0.717, 1.165) is 11.6 Å². The highest BCUT2D eigenvalue weighted by molar-refractivity contribution is 9.10. The van der Waals surface area contributed by atoms with Gasteiger partial charge in [0.05, 0.1) is 0 Å². The fraction of sp³-hybridized carbons (Fsp3) is 0.200. The van der Waals surface area contributed by atoms with Crippen LogP contribution in [0.1, 0.15) is 11.1 Å². The molecule has 1 nitrogen and oxygen atoms in total. The van der Waals surface area contributed by atoms with Crippen LogP contribution in [-0.2, 0) is 13.0 Å². The largest absolute Gasteiger partial charge is 0.312 e. The van der Waals surface area contributed by atoms with Crippen LogP contribution in [0.5, 0.6) is 0 Å². The fourth-order valence-electron chi connectivity index (χ4n) is 1.93. The van der Waals surface area contributed by atoms with Gasteiger partial charge in [0, 0.05) is 17.1 Å². The van der Waals surface area contributed by atoms with Gasteiger partial charge >= 0.3 is 0 Å². The van der Waals surface area contributed by atoms with Gasteiger partial charge in [-0.1, -0.05) is 15.9 Å². The van der Waals surface area contributed by atoms with Gasteiger partial charge < -0.3 is 5.32 Å². The summed E-state index contributed by atoms with van der Waals surface area (Å²) in [4.78, 5) is 0. The second kappa shape index (κ2) is 6.90. The summed E-state index contributed by atoms with van der Waals surface area (Å²) in [7, 11) is 0. The van der Waals surface area contributed by atoms with E-state index in [9.17, 15) is 13.2 Å². The summed E-state index contributed by atoms with van der Waals surface area (Å²) in [5, 5.41) is 3.11. The van der Waals surface area contributed by atoms with Crippen molar-refractivity contribution in [1.29, 1.82) is 0 Å². The summed E-state index contributed by atoms with van der Waals surface area (Å²) in [6.07, 6.45) is 0.505. The Bertz CT molecular complexity index is 508. The van der Waals surface area contributed by atoms with Crippen molar-refractivity contribution in [1.82, 2.24) is 5.32 Å². The average molecular weight is 344 g/mol. The van der Waals surface area contributed by atoms with Gasteiger partial charge in [-0.15, -0.1) is 0 Å². The third-order valence-corrected chi connectivity index (χ3v) is 3.22. The normalized spacial score (nSPS) is 10.8. The highest BCUT2D eigenvalue weighted by Gasteiger charge is 2.02. The van der Waals surface area contributed by atoms with Crippen molar-refractivity contribution in [3.05, 3.63) is 69.4 Å². The van der Waals surface area contributed by atoms with Crippen LogP contribution in [-0.4, -0.2) is 6.54 Å². The van der Waals surface area contributed by atoms with Crippen molar-refractivity contribution in [2.24, 2.45) is 0 Å². The van der Waals surface area contributed by atoms with E-state index in [1.54, 1.807) is 0 Å². The van der Waals surface area contributed by atoms with Gasteiger partial charge in [-0.05, 0) is 54.4 Å². The number of nitrogens with one attached hydrogen (secondary N) is 1. The van der Waals surface area contributed by atoms with Gasteiger partial charge in [0.2, 0.25) is 0 Å². The Hall–Kier alpha value is -1.33. The first-order valence-electron chi connectivity index (χ1n) is 6.13. The minimum atomic E-state index is -0.575. The molecule has 0 bridgehead atoms. The molecule has 0 spiro atoms. The number of hydrogen-bond acceptors (Lipinski definition) is 1. The first-order chi connectivity index (χ1) is 9.52. The van der Waals surface area contributed by atoms with Crippen LogP contribution in [0.4, 0.5) is 13.2 Å². The zero-order valence-corrected chi connectivity index (χ0v) is 12.2. The molecule has 2 rings (SSSR count). The lowest BCUT2D eigenvalue weighted by Gasteiger charge is -2.06. The third-order valence-electron chi connectivity index (χ3n) is 2.76. The standard InChI is InChI=1S/C15H13BrF3N/c16-12-3-11(6-13(17)7-12)9-20-2-1-10-4-14(18)8-15(19)5-10/h3-8,20H,1-2,9H2. The molecule has 0 fully saturated rings. The second-order valence-corrected chi connectivity index (χ2v) is 5.40. The molecule has 0 atom stereocenters. The first-order valence-corrected chi connectivity index (χ1v) is 6.93. The molecule has 0 radical (unpaired) electrons. The zero-order valence-electron chi connectivity index (χ0n) is 10.6. The molecule has 0 saturated carbocycles. The molecule has 106 valence electrons.